The fraction of sp³-hybridized carbons (Fsp3) is 0.550. The number of carbonyl (C=O) groups is 2. The summed E-state index contributed by atoms with van der Waals surface area (Å²) in [4.78, 5) is 27.2. The van der Waals surface area contributed by atoms with E-state index in [4.69, 9.17) is 4.74 Å². The summed E-state index contributed by atoms with van der Waals surface area (Å²) >= 11 is 0. The van der Waals surface area contributed by atoms with Crippen LogP contribution in [0.2, 0.25) is 0 Å². The maximum atomic E-state index is 13.3. The fourth-order valence-electron chi connectivity index (χ4n) is 4.05. The first-order valence-electron chi connectivity index (χ1n) is 8.95. The second kappa shape index (κ2) is 6.71. The van der Waals surface area contributed by atoms with Crippen molar-refractivity contribution in [3.05, 3.63) is 35.1 Å². The number of ether oxygens (including phenoxy) is 1. The second-order valence-corrected chi connectivity index (χ2v) is 8.11. The van der Waals surface area contributed by atoms with Crippen LogP contribution in [0.25, 0.3) is 0 Å². The molecule has 2 atom stereocenters. The van der Waals surface area contributed by atoms with Gasteiger partial charge in [-0.15, -0.1) is 0 Å². The average molecular weight is 358 g/mol. The number of piperidine rings is 1. The molecule has 0 aliphatic carbocycles. The third-order valence-corrected chi connectivity index (χ3v) is 5.08. The van der Waals surface area contributed by atoms with Crippen LogP contribution in [0.1, 0.15) is 62.4 Å². The van der Waals surface area contributed by atoms with Crippen LogP contribution in [0.3, 0.4) is 0 Å². The molecule has 138 valence electrons. The molecule has 2 unspecified atom stereocenters. The number of fused-ring (bicyclic) bond motifs is 2. The van der Waals surface area contributed by atoms with E-state index in [0.717, 1.165) is 18.9 Å². The Balaban J connectivity index is 1.76. The van der Waals surface area contributed by atoms with Gasteiger partial charge >= 0.3 is 6.09 Å². The molecule has 2 bridgehead atoms. The van der Waals surface area contributed by atoms with Gasteiger partial charge in [0.1, 0.15) is 11.4 Å². The molecule has 0 aromatic heterocycles. The summed E-state index contributed by atoms with van der Waals surface area (Å²) in [5, 5.41) is 9.19. The standard InChI is InChI=1S/C20H23FN2O3/c1-20(2,3)26-19(25)23-15-5-6-16(23)10-12(9-15)18(24)17-7-4-14(21)8-13(17)11-22/h4,7-8,12,15-16H,5-6,9-10H2,1-3H3. The Morgan fingerprint density at radius 1 is 1.23 bits per heavy atom. The summed E-state index contributed by atoms with van der Waals surface area (Å²) in [6.45, 7) is 5.50. The summed E-state index contributed by atoms with van der Waals surface area (Å²) < 4.78 is 18.8. The van der Waals surface area contributed by atoms with Crippen LogP contribution in [0.5, 0.6) is 0 Å². The molecule has 6 heteroatoms. The Bertz CT molecular complexity index is 764. The monoisotopic (exact) mass is 358 g/mol. The van der Waals surface area contributed by atoms with E-state index in [0.29, 0.717) is 12.8 Å². The molecule has 1 aromatic rings. The van der Waals surface area contributed by atoms with Crippen molar-refractivity contribution in [2.45, 2.75) is 64.1 Å². The lowest BCUT2D eigenvalue weighted by atomic mass is 9.84. The van der Waals surface area contributed by atoms with Crippen molar-refractivity contribution in [2.75, 3.05) is 0 Å². The minimum atomic E-state index is -0.557. The Morgan fingerprint density at radius 2 is 1.85 bits per heavy atom. The highest BCUT2D eigenvalue weighted by Crippen LogP contribution is 2.40. The normalized spacial score (nSPS) is 24.9. The van der Waals surface area contributed by atoms with Gasteiger partial charge in [0.15, 0.2) is 5.78 Å². The second-order valence-electron chi connectivity index (χ2n) is 8.11. The van der Waals surface area contributed by atoms with Crippen LogP contribution in [-0.4, -0.2) is 34.5 Å². The molecule has 26 heavy (non-hydrogen) atoms. The smallest absolute Gasteiger partial charge is 0.410 e. The minimum Gasteiger partial charge on any atom is -0.444 e. The predicted octanol–water partition coefficient (Wildman–Crippen LogP) is 4.06. The zero-order valence-corrected chi connectivity index (χ0v) is 15.3. The van der Waals surface area contributed by atoms with Crippen LogP contribution in [0.15, 0.2) is 18.2 Å². The van der Waals surface area contributed by atoms with Gasteiger partial charge in [-0.25, -0.2) is 9.18 Å². The average Bonchev–Trinajstić information content (AvgIpc) is 2.83. The van der Waals surface area contributed by atoms with E-state index in [1.807, 2.05) is 26.8 Å². The highest BCUT2D eigenvalue weighted by molar-refractivity contribution is 6.00. The molecule has 1 amide bonds. The van der Waals surface area contributed by atoms with E-state index in [1.165, 1.54) is 12.1 Å². The number of nitriles is 1. The molecule has 2 aliphatic rings. The van der Waals surface area contributed by atoms with Crippen molar-refractivity contribution in [1.29, 1.82) is 5.26 Å². The van der Waals surface area contributed by atoms with Gasteiger partial charge in [0.2, 0.25) is 0 Å². The summed E-state index contributed by atoms with van der Waals surface area (Å²) in [5.41, 5.74) is -0.222. The maximum absolute atomic E-state index is 13.3. The van der Waals surface area contributed by atoms with Crippen molar-refractivity contribution in [2.24, 2.45) is 5.92 Å². The number of benzene rings is 1. The number of halogens is 1. The first-order valence-corrected chi connectivity index (χ1v) is 8.95. The third-order valence-electron chi connectivity index (χ3n) is 5.08. The number of nitrogens with zero attached hydrogens (tertiary/aromatic N) is 2. The molecule has 2 aliphatic heterocycles. The molecule has 2 heterocycles. The van der Waals surface area contributed by atoms with Gasteiger partial charge < -0.3 is 9.64 Å². The van der Waals surface area contributed by atoms with Crippen LogP contribution in [0.4, 0.5) is 9.18 Å². The van der Waals surface area contributed by atoms with Crippen LogP contribution >= 0.6 is 0 Å². The van der Waals surface area contributed by atoms with Crippen molar-refractivity contribution in [1.82, 2.24) is 4.90 Å². The fourth-order valence-corrected chi connectivity index (χ4v) is 4.05. The van der Waals surface area contributed by atoms with E-state index < -0.39 is 11.4 Å². The predicted molar refractivity (Wildman–Crippen MR) is 93.1 cm³/mol. The van der Waals surface area contributed by atoms with Gasteiger partial charge in [-0.1, -0.05) is 0 Å². The Morgan fingerprint density at radius 3 is 2.38 bits per heavy atom. The quantitative estimate of drug-likeness (QED) is 0.748. The Labute approximate surface area is 152 Å². The number of rotatable bonds is 2. The van der Waals surface area contributed by atoms with Gasteiger partial charge in [0.25, 0.3) is 0 Å². The van der Waals surface area contributed by atoms with Crippen molar-refractivity contribution < 1.29 is 18.7 Å². The first-order chi connectivity index (χ1) is 12.2. The Hall–Kier alpha value is -2.42. The SMILES string of the molecule is CC(C)(C)OC(=O)N1C2CCC1CC(C(=O)c1ccc(F)cc1C#N)C2. The van der Waals surface area contributed by atoms with Crippen LogP contribution in [-0.2, 0) is 4.74 Å². The molecule has 3 rings (SSSR count). The van der Waals surface area contributed by atoms with E-state index in [9.17, 15) is 19.2 Å². The summed E-state index contributed by atoms with van der Waals surface area (Å²) in [5.74, 6) is -0.927. The zero-order chi connectivity index (χ0) is 19.1. The van der Waals surface area contributed by atoms with E-state index in [1.54, 1.807) is 4.90 Å². The number of ketones is 1. The van der Waals surface area contributed by atoms with E-state index in [2.05, 4.69) is 0 Å². The lowest BCUT2D eigenvalue weighted by molar-refractivity contribution is 0.00254. The van der Waals surface area contributed by atoms with Crippen LogP contribution < -0.4 is 0 Å². The highest BCUT2D eigenvalue weighted by Gasteiger charge is 2.46. The Kier molecular flexibility index (Phi) is 4.74. The minimum absolute atomic E-state index is 0.0245. The van der Waals surface area contributed by atoms with Crippen molar-refractivity contribution >= 4 is 11.9 Å². The summed E-state index contributed by atoms with van der Waals surface area (Å²) in [6, 6.07) is 5.54. The number of amides is 1. The van der Waals surface area contributed by atoms with Crippen LogP contribution in [0, 0.1) is 23.1 Å². The van der Waals surface area contributed by atoms with Crippen molar-refractivity contribution in [3.63, 3.8) is 0 Å². The third kappa shape index (κ3) is 3.57. The molecule has 0 N–H and O–H groups in total. The summed E-state index contributed by atoms with van der Waals surface area (Å²) in [7, 11) is 0. The first kappa shape index (κ1) is 18.4. The molecule has 2 fully saturated rings. The van der Waals surface area contributed by atoms with Gasteiger partial charge in [-0.05, 0) is 64.7 Å². The molecule has 1 aromatic carbocycles. The molecule has 0 spiro atoms. The number of hydrogen-bond donors (Lipinski definition) is 0. The maximum Gasteiger partial charge on any atom is 0.410 e. The number of carbonyl (C=O) groups excluding carboxylic acids is 2. The summed E-state index contributed by atoms with van der Waals surface area (Å²) in [6.07, 6.45) is 2.48. The number of hydrogen-bond acceptors (Lipinski definition) is 4. The highest BCUT2D eigenvalue weighted by atomic mass is 19.1. The molecular weight excluding hydrogens is 335 g/mol. The van der Waals surface area contributed by atoms with Crippen molar-refractivity contribution in [3.8, 4) is 6.07 Å². The van der Waals surface area contributed by atoms with Gasteiger partial charge in [-0.2, -0.15) is 5.26 Å². The lowest BCUT2D eigenvalue weighted by Crippen LogP contribution is -2.49. The van der Waals surface area contributed by atoms with Gasteiger partial charge in [0.05, 0.1) is 11.6 Å². The zero-order valence-electron chi connectivity index (χ0n) is 15.3. The topological polar surface area (TPSA) is 70.4 Å². The molecule has 5 nitrogen and oxygen atoms in total. The van der Waals surface area contributed by atoms with E-state index in [-0.39, 0.29) is 41.0 Å². The number of Topliss-reactive ketones (excluding diaryl/α,β-unsaturated/α-hetero) is 1. The largest absolute Gasteiger partial charge is 0.444 e. The van der Waals surface area contributed by atoms with Gasteiger partial charge in [0, 0.05) is 23.6 Å². The van der Waals surface area contributed by atoms with Gasteiger partial charge in [-0.3, -0.25) is 4.79 Å². The molecular formula is C20H23FN2O3. The molecule has 0 saturated carbocycles. The molecule has 0 radical (unpaired) electrons. The van der Waals surface area contributed by atoms with E-state index >= 15 is 0 Å². The molecule has 2 saturated heterocycles. The lowest BCUT2D eigenvalue weighted by Gasteiger charge is -2.39.